The molecule has 0 saturated heterocycles. The van der Waals surface area contributed by atoms with E-state index in [0.29, 0.717) is 5.56 Å². The van der Waals surface area contributed by atoms with Crippen molar-refractivity contribution in [1.29, 1.82) is 0 Å². The molecule has 0 saturated carbocycles. The molecule has 9 nitrogen and oxygen atoms in total. The van der Waals surface area contributed by atoms with E-state index in [9.17, 15) is 24.8 Å². The van der Waals surface area contributed by atoms with Gasteiger partial charge in [0.05, 0.1) is 24.5 Å². The molecule has 0 aliphatic rings. The number of carbonyl (C=O) groups excluding carboxylic acids is 2. The van der Waals surface area contributed by atoms with Gasteiger partial charge in [-0.25, -0.2) is 4.79 Å². The van der Waals surface area contributed by atoms with Crippen molar-refractivity contribution in [3.63, 3.8) is 0 Å². The van der Waals surface area contributed by atoms with Crippen LogP contribution in [0.15, 0.2) is 18.2 Å². The number of hydrogen-bond donors (Lipinski definition) is 2. The first kappa shape index (κ1) is 21.4. The van der Waals surface area contributed by atoms with Crippen LogP contribution in [0.4, 0.5) is 10.5 Å². The lowest BCUT2D eigenvalue weighted by molar-refractivity contribution is -0.385. The molecular weight excluding hydrogens is 344 g/mol. The van der Waals surface area contributed by atoms with E-state index >= 15 is 0 Å². The molecule has 0 fully saturated rings. The summed E-state index contributed by atoms with van der Waals surface area (Å²) in [4.78, 5) is 34.1. The van der Waals surface area contributed by atoms with Crippen molar-refractivity contribution in [3.8, 4) is 0 Å². The maximum Gasteiger partial charge on any atom is 0.407 e. The molecule has 0 aliphatic heterocycles. The number of nitrogens with zero attached hydrogens (tertiary/aromatic N) is 1. The molecule has 2 atom stereocenters. The normalized spacial score (nSPS) is 13.5. The topological polar surface area (TPSA) is 128 Å². The van der Waals surface area contributed by atoms with Gasteiger partial charge in [0.25, 0.3) is 5.69 Å². The molecule has 0 bridgehead atoms. The summed E-state index contributed by atoms with van der Waals surface area (Å²) in [5.41, 5.74) is -0.182. The first-order valence-corrected chi connectivity index (χ1v) is 7.94. The van der Waals surface area contributed by atoms with Crippen molar-refractivity contribution in [2.75, 3.05) is 7.11 Å². The van der Waals surface area contributed by atoms with E-state index in [1.54, 1.807) is 27.7 Å². The maximum atomic E-state index is 12.0. The number of nitro groups is 1. The number of aliphatic hydroxyl groups excluding tert-OH is 1. The first-order chi connectivity index (χ1) is 11.9. The van der Waals surface area contributed by atoms with Gasteiger partial charge in [0.1, 0.15) is 11.7 Å². The average molecular weight is 368 g/mol. The number of ether oxygens (including phenoxy) is 2. The van der Waals surface area contributed by atoms with Crippen LogP contribution in [0.25, 0.3) is 0 Å². The number of aliphatic hydroxyl groups is 1. The summed E-state index contributed by atoms with van der Waals surface area (Å²) in [5.74, 6) is -0.659. The van der Waals surface area contributed by atoms with E-state index in [1.807, 2.05) is 0 Å². The summed E-state index contributed by atoms with van der Waals surface area (Å²) < 4.78 is 9.73. The Balaban J connectivity index is 3.13. The minimum absolute atomic E-state index is 0.210. The molecule has 0 aromatic heterocycles. The third kappa shape index (κ3) is 6.32. The fraction of sp³-hybridized carbons (Fsp3) is 0.529. The second kappa shape index (κ2) is 8.61. The number of aryl methyl sites for hydroxylation is 1. The van der Waals surface area contributed by atoms with E-state index in [-0.39, 0.29) is 17.7 Å². The Labute approximate surface area is 151 Å². The SMILES string of the molecule is COC(=O)CC(NC(=O)OC(C)(C)C)C(O)c1cc([N+](=O)[O-])ccc1C. The van der Waals surface area contributed by atoms with Gasteiger partial charge in [-0.2, -0.15) is 0 Å². The lowest BCUT2D eigenvalue weighted by Crippen LogP contribution is -2.43. The van der Waals surface area contributed by atoms with Crippen molar-refractivity contribution in [2.24, 2.45) is 0 Å². The standard InChI is InChI=1S/C17H24N2O7/c1-10-6-7-11(19(23)24)8-12(10)15(21)13(9-14(20)25-5)18-16(22)26-17(2,3)4/h6-8,13,15,21H,9H2,1-5H3,(H,18,22). The van der Waals surface area contributed by atoms with Gasteiger partial charge in [0.2, 0.25) is 0 Å². The molecular formula is C17H24N2O7. The van der Waals surface area contributed by atoms with Gasteiger partial charge >= 0.3 is 12.1 Å². The highest BCUT2D eigenvalue weighted by molar-refractivity contribution is 5.73. The molecule has 1 aromatic carbocycles. The highest BCUT2D eigenvalue weighted by Crippen LogP contribution is 2.27. The third-order valence-electron chi connectivity index (χ3n) is 3.49. The van der Waals surface area contributed by atoms with E-state index in [4.69, 9.17) is 4.74 Å². The van der Waals surface area contributed by atoms with Crippen LogP contribution >= 0.6 is 0 Å². The van der Waals surface area contributed by atoms with Gasteiger partial charge < -0.3 is 19.9 Å². The summed E-state index contributed by atoms with van der Waals surface area (Å²) in [7, 11) is 1.18. The predicted molar refractivity (Wildman–Crippen MR) is 92.6 cm³/mol. The quantitative estimate of drug-likeness (QED) is 0.448. The van der Waals surface area contributed by atoms with Crippen molar-refractivity contribution < 1.29 is 29.1 Å². The summed E-state index contributed by atoms with van der Waals surface area (Å²) in [6.07, 6.45) is -2.53. The van der Waals surface area contributed by atoms with Crippen LogP contribution in [-0.4, -0.2) is 40.8 Å². The minimum Gasteiger partial charge on any atom is -0.469 e. The Hall–Kier alpha value is -2.68. The first-order valence-electron chi connectivity index (χ1n) is 7.94. The third-order valence-corrected chi connectivity index (χ3v) is 3.49. The Kier molecular flexibility index (Phi) is 7.08. The zero-order valence-electron chi connectivity index (χ0n) is 15.4. The number of carbonyl (C=O) groups is 2. The maximum absolute atomic E-state index is 12.0. The molecule has 26 heavy (non-hydrogen) atoms. The molecule has 2 N–H and O–H groups in total. The molecule has 9 heteroatoms. The Morgan fingerprint density at radius 1 is 1.35 bits per heavy atom. The second-order valence-corrected chi connectivity index (χ2v) is 6.78. The van der Waals surface area contributed by atoms with Crippen LogP contribution in [0.5, 0.6) is 0 Å². The molecule has 0 heterocycles. The van der Waals surface area contributed by atoms with E-state index < -0.39 is 34.7 Å². The van der Waals surface area contributed by atoms with Crippen molar-refractivity contribution in [2.45, 2.75) is 51.9 Å². The van der Waals surface area contributed by atoms with Crippen molar-refractivity contribution in [1.82, 2.24) is 5.32 Å². The number of rotatable bonds is 6. The summed E-state index contributed by atoms with van der Waals surface area (Å²) in [5, 5.41) is 24.1. The average Bonchev–Trinajstić information content (AvgIpc) is 2.51. The molecule has 0 radical (unpaired) electrons. The summed E-state index contributed by atoms with van der Waals surface area (Å²) in [6.45, 7) is 6.67. The van der Waals surface area contributed by atoms with Crippen LogP contribution in [0.1, 0.15) is 44.4 Å². The molecule has 1 amide bonds. The van der Waals surface area contributed by atoms with Crippen LogP contribution in [-0.2, 0) is 14.3 Å². The van der Waals surface area contributed by atoms with E-state index in [0.717, 1.165) is 0 Å². The molecule has 1 aromatic rings. The van der Waals surface area contributed by atoms with Crippen LogP contribution in [0.3, 0.4) is 0 Å². The van der Waals surface area contributed by atoms with Crippen LogP contribution in [0.2, 0.25) is 0 Å². The van der Waals surface area contributed by atoms with Crippen LogP contribution < -0.4 is 5.32 Å². The molecule has 1 rings (SSSR count). The highest BCUT2D eigenvalue weighted by atomic mass is 16.6. The number of alkyl carbamates (subject to hydrolysis) is 1. The molecule has 144 valence electrons. The van der Waals surface area contributed by atoms with E-state index in [1.165, 1.54) is 25.3 Å². The molecule has 2 unspecified atom stereocenters. The van der Waals surface area contributed by atoms with Gasteiger partial charge in [-0.15, -0.1) is 0 Å². The fourth-order valence-electron chi connectivity index (χ4n) is 2.24. The fourth-order valence-corrected chi connectivity index (χ4v) is 2.24. The smallest absolute Gasteiger partial charge is 0.407 e. The van der Waals surface area contributed by atoms with Gasteiger partial charge in [-0.05, 0) is 38.8 Å². The van der Waals surface area contributed by atoms with E-state index in [2.05, 4.69) is 10.1 Å². The van der Waals surface area contributed by atoms with Gasteiger partial charge in [0.15, 0.2) is 0 Å². The monoisotopic (exact) mass is 368 g/mol. The zero-order chi connectivity index (χ0) is 20.1. The number of methoxy groups -OCH3 is 1. The van der Waals surface area contributed by atoms with Gasteiger partial charge in [0, 0.05) is 12.1 Å². The van der Waals surface area contributed by atoms with Crippen LogP contribution in [0, 0.1) is 17.0 Å². The Morgan fingerprint density at radius 2 is 1.96 bits per heavy atom. The Bertz CT molecular complexity index is 682. The lowest BCUT2D eigenvalue weighted by atomic mass is 9.95. The number of hydrogen-bond acceptors (Lipinski definition) is 7. The number of esters is 1. The predicted octanol–water partition coefficient (Wildman–Crippen LogP) is 2.39. The Morgan fingerprint density at radius 3 is 2.46 bits per heavy atom. The van der Waals surface area contributed by atoms with Crippen molar-refractivity contribution >= 4 is 17.7 Å². The molecule has 0 aliphatic carbocycles. The zero-order valence-corrected chi connectivity index (χ0v) is 15.4. The number of nitrogens with one attached hydrogen (secondary N) is 1. The van der Waals surface area contributed by atoms with Gasteiger partial charge in [-0.3, -0.25) is 14.9 Å². The van der Waals surface area contributed by atoms with Gasteiger partial charge in [-0.1, -0.05) is 6.07 Å². The summed E-state index contributed by atoms with van der Waals surface area (Å²) >= 11 is 0. The minimum atomic E-state index is -1.37. The number of amides is 1. The largest absolute Gasteiger partial charge is 0.469 e. The summed E-state index contributed by atoms with van der Waals surface area (Å²) in [6, 6.07) is 2.92. The lowest BCUT2D eigenvalue weighted by Gasteiger charge is -2.27. The number of non-ortho nitro benzene ring substituents is 1. The number of nitro benzene ring substituents is 1. The highest BCUT2D eigenvalue weighted by Gasteiger charge is 2.30. The van der Waals surface area contributed by atoms with Crippen molar-refractivity contribution in [3.05, 3.63) is 39.4 Å². The second-order valence-electron chi connectivity index (χ2n) is 6.78. The number of benzene rings is 1. The molecule has 0 spiro atoms.